The predicted octanol–water partition coefficient (Wildman–Crippen LogP) is 0.341. The van der Waals surface area contributed by atoms with Crippen LogP contribution >= 0.6 is 0 Å². The Morgan fingerprint density at radius 1 is 1.21 bits per heavy atom. The third kappa shape index (κ3) is 2.90. The van der Waals surface area contributed by atoms with E-state index in [1.54, 1.807) is 0 Å². The van der Waals surface area contributed by atoms with Gasteiger partial charge in [-0.1, -0.05) is 32.1 Å². The smallest absolute Gasteiger partial charge is 0.325 e. The van der Waals surface area contributed by atoms with Crippen molar-refractivity contribution in [3.8, 4) is 0 Å². The fourth-order valence-electron chi connectivity index (χ4n) is 2.98. The minimum atomic E-state index is -0.849. The summed E-state index contributed by atoms with van der Waals surface area (Å²) < 4.78 is 0. The van der Waals surface area contributed by atoms with Crippen molar-refractivity contribution in [2.24, 2.45) is 5.73 Å². The highest BCUT2D eigenvalue weighted by molar-refractivity contribution is 6.07. The van der Waals surface area contributed by atoms with Gasteiger partial charge in [0.2, 0.25) is 0 Å². The molecule has 0 radical (unpaired) electrons. The van der Waals surface area contributed by atoms with E-state index in [2.05, 4.69) is 5.32 Å². The van der Waals surface area contributed by atoms with Crippen molar-refractivity contribution in [2.75, 3.05) is 13.1 Å². The summed E-state index contributed by atoms with van der Waals surface area (Å²) in [6.07, 6.45) is 5.89. The van der Waals surface area contributed by atoms with E-state index < -0.39 is 17.7 Å². The number of hydrogen-bond acceptors (Lipinski definition) is 4. The lowest BCUT2D eigenvalue weighted by Gasteiger charge is -2.28. The van der Waals surface area contributed by atoms with Crippen LogP contribution in [0.25, 0.3) is 0 Å². The van der Waals surface area contributed by atoms with Crippen LogP contribution in [-0.4, -0.2) is 46.7 Å². The standard InChI is InChI=1S/C13H23N3O3/c14-8-10(17)9-16-11(18)13(15-12(16)19)6-4-2-1-3-5-7-13/h10,17H,1-9,14H2,(H,15,19). The SMILES string of the molecule is NCC(O)CN1C(=O)NC2(CCCCCCC2)C1=O. The number of nitrogens with zero attached hydrogens (tertiary/aromatic N) is 1. The Labute approximate surface area is 113 Å². The van der Waals surface area contributed by atoms with Gasteiger partial charge < -0.3 is 16.2 Å². The number of aliphatic hydroxyl groups is 1. The van der Waals surface area contributed by atoms with Gasteiger partial charge in [-0.25, -0.2) is 4.79 Å². The Kier molecular flexibility index (Phi) is 4.42. The highest BCUT2D eigenvalue weighted by Gasteiger charge is 2.50. The number of nitrogens with one attached hydrogen (secondary N) is 1. The summed E-state index contributed by atoms with van der Waals surface area (Å²) in [4.78, 5) is 25.6. The molecule has 1 unspecified atom stereocenters. The molecule has 6 heteroatoms. The summed E-state index contributed by atoms with van der Waals surface area (Å²) in [6.45, 7) is 0.0347. The number of nitrogens with two attached hydrogens (primary N) is 1. The van der Waals surface area contributed by atoms with Crippen LogP contribution in [-0.2, 0) is 4.79 Å². The Morgan fingerprint density at radius 3 is 2.37 bits per heavy atom. The molecule has 0 aromatic carbocycles. The summed E-state index contributed by atoms with van der Waals surface area (Å²) in [5.74, 6) is -0.188. The van der Waals surface area contributed by atoms with Crippen LogP contribution in [0.4, 0.5) is 4.79 Å². The van der Waals surface area contributed by atoms with E-state index in [9.17, 15) is 14.7 Å². The van der Waals surface area contributed by atoms with Gasteiger partial charge in [-0.3, -0.25) is 9.69 Å². The molecule has 1 spiro atoms. The van der Waals surface area contributed by atoms with Gasteiger partial charge >= 0.3 is 6.03 Å². The van der Waals surface area contributed by atoms with Gasteiger partial charge in [-0.15, -0.1) is 0 Å². The van der Waals surface area contributed by atoms with Gasteiger partial charge in [-0.2, -0.15) is 0 Å². The zero-order chi connectivity index (χ0) is 13.9. The van der Waals surface area contributed by atoms with E-state index in [4.69, 9.17) is 5.73 Å². The van der Waals surface area contributed by atoms with Crippen molar-refractivity contribution in [1.82, 2.24) is 10.2 Å². The second-order valence-corrected chi connectivity index (χ2v) is 5.59. The molecule has 2 aliphatic rings. The number of carbonyl (C=O) groups is 2. The normalized spacial score (nSPS) is 25.1. The van der Waals surface area contributed by atoms with Crippen molar-refractivity contribution in [3.05, 3.63) is 0 Å². The summed E-state index contributed by atoms with van der Waals surface area (Å²) in [5, 5.41) is 12.4. The van der Waals surface area contributed by atoms with Crippen molar-refractivity contribution < 1.29 is 14.7 Å². The number of carbonyl (C=O) groups excluding carboxylic acids is 2. The Bertz CT molecular complexity index is 351. The van der Waals surface area contributed by atoms with Gasteiger partial charge in [0, 0.05) is 6.54 Å². The molecule has 1 aliphatic heterocycles. The number of β-amino-alcohol motifs (C(OH)–C–C–N with tert-alkyl or cyclic N) is 1. The van der Waals surface area contributed by atoms with Crippen LogP contribution < -0.4 is 11.1 Å². The van der Waals surface area contributed by atoms with Crippen molar-refractivity contribution in [2.45, 2.75) is 56.6 Å². The summed E-state index contributed by atoms with van der Waals surface area (Å²) in [6, 6.07) is -0.391. The maximum absolute atomic E-state index is 12.5. The topological polar surface area (TPSA) is 95.7 Å². The van der Waals surface area contributed by atoms with E-state index in [1.807, 2.05) is 0 Å². The lowest BCUT2D eigenvalue weighted by atomic mass is 9.84. The molecule has 4 N–H and O–H groups in total. The molecule has 6 nitrogen and oxygen atoms in total. The Morgan fingerprint density at radius 2 is 1.79 bits per heavy atom. The Hall–Kier alpha value is -1.14. The summed E-state index contributed by atoms with van der Waals surface area (Å²) in [7, 11) is 0. The molecule has 0 aromatic heterocycles. The van der Waals surface area contributed by atoms with Crippen molar-refractivity contribution in [3.63, 3.8) is 0 Å². The van der Waals surface area contributed by atoms with Gasteiger partial charge in [0.15, 0.2) is 0 Å². The third-order valence-corrected chi connectivity index (χ3v) is 4.12. The van der Waals surface area contributed by atoms with E-state index in [-0.39, 0.29) is 19.0 Å². The van der Waals surface area contributed by atoms with Crippen molar-refractivity contribution in [1.29, 1.82) is 0 Å². The molecular formula is C13H23N3O3. The van der Waals surface area contributed by atoms with Gasteiger partial charge in [-0.05, 0) is 12.8 Å². The average molecular weight is 269 g/mol. The van der Waals surface area contributed by atoms with Gasteiger partial charge in [0.05, 0.1) is 12.6 Å². The molecule has 1 atom stereocenters. The van der Waals surface area contributed by atoms with Crippen LogP contribution in [0.2, 0.25) is 0 Å². The quantitative estimate of drug-likeness (QED) is 0.644. The molecule has 2 rings (SSSR count). The first-order valence-corrected chi connectivity index (χ1v) is 7.11. The molecule has 0 aromatic rings. The maximum atomic E-state index is 12.5. The number of rotatable bonds is 3. The second kappa shape index (κ2) is 5.88. The predicted molar refractivity (Wildman–Crippen MR) is 70.4 cm³/mol. The second-order valence-electron chi connectivity index (χ2n) is 5.59. The fraction of sp³-hybridized carbons (Fsp3) is 0.846. The minimum Gasteiger partial charge on any atom is -0.390 e. The zero-order valence-corrected chi connectivity index (χ0v) is 11.2. The minimum absolute atomic E-state index is 0.0110. The van der Waals surface area contributed by atoms with Crippen LogP contribution in [0.15, 0.2) is 0 Å². The molecule has 0 bridgehead atoms. The number of hydrogen-bond donors (Lipinski definition) is 3. The summed E-state index contributed by atoms with van der Waals surface area (Å²) >= 11 is 0. The first-order valence-electron chi connectivity index (χ1n) is 7.11. The number of amides is 3. The lowest BCUT2D eigenvalue weighted by molar-refractivity contribution is -0.133. The van der Waals surface area contributed by atoms with Crippen molar-refractivity contribution >= 4 is 11.9 Å². The fourth-order valence-corrected chi connectivity index (χ4v) is 2.98. The van der Waals surface area contributed by atoms with Crippen LogP contribution in [0, 0.1) is 0 Å². The van der Waals surface area contributed by atoms with E-state index in [1.165, 1.54) is 6.42 Å². The molecule has 19 heavy (non-hydrogen) atoms. The number of imide groups is 1. The summed E-state index contributed by atoms with van der Waals surface area (Å²) in [5.41, 5.74) is 4.61. The van der Waals surface area contributed by atoms with E-state index in [0.717, 1.165) is 30.6 Å². The Balaban J connectivity index is 2.10. The number of urea groups is 1. The number of aliphatic hydroxyl groups excluding tert-OH is 1. The van der Waals surface area contributed by atoms with E-state index >= 15 is 0 Å². The lowest BCUT2D eigenvalue weighted by Crippen LogP contribution is -2.48. The highest BCUT2D eigenvalue weighted by atomic mass is 16.3. The van der Waals surface area contributed by atoms with Crippen LogP contribution in [0.5, 0.6) is 0 Å². The first kappa shape index (κ1) is 14.3. The average Bonchev–Trinajstić information content (AvgIpc) is 2.59. The zero-order valence-electron chi connectivity index (χ0n) is 11.2. The molecule has 3 amide bonds. The molecular weight excluding hydrogens is 246 g/mol. The molecule has 2 fully saturated rings. The molecule has 108 valence electrons. The monoisotopic (exact) mass is 269 g/mol. The largest absolute Gasteiger partial charge is 0.390 e. The highest BCUT2D eigenvalue weighted by Crippen LogP contribution is 2.32. The van der Waals surface area contributed by atoms with Gasteiger partial charge in [0.25, 0.3) is 5.91 Å². The first-order chi connectivity index (χ1) is 9.09. The maximum Gasteiger partial charge on any atom is 0.325 e. The molecule has 1 heterocycles. The molecule has 1 saturated heterocycles. The van der Waals surface area contributed by atoms with Crippen LogP contribution in [0.3, 0.4) is 0 Å². The third-order valence-electron chi connectivity index (χ3n) is 4.12. The molecule has 1 aliphatic carbocycles. The van der Waals surface area contributed by atoms with E-state index in [0.29, 0.717) is 12.8 Å². The van der Waals surface area contributed by atoms with Gasteiger partial charge in [0.1, 0.15) is 5.54 Å². The van der Waals surface area contributed by atoms with Crippen LogP contribution in [0.1, 0.15) is 44.9 Å². The molecule has 1 saturated carbocycles.